The monoisotopic (exact) mass is 243 g/mol. The fourth-order valence-electron chi connectivity index (χ4n) is 1.44. The van der Waals surface area contributed by atoms with Gasteiger partial charge in [0.1, 0.15) is 12.4 Å². The molecule has 0 spiro atoms. The molecular weight excluding hydrogens is 222 g/mol. The lowest BCUT2D eigenvalue weighted by atomic mass is 10.4. The van der Waals surface area contributed by atoms with Crippen LogP contribution in [-0.2, 0) is 9.47 Å². The lowest BCUT2D eigenvalue weighted by Gasteiger charge is -2.27. The van der Waals surface area contributed by atoms with Gasteiger partial charge < -0.3 is 19.3 Å². The van der Waals surface area contributed by atoms with Crippen LogP contribution in [0.4, 0.5) is 4.79 Å². The molecule has 1 heterocycles. The molecule has 6 nitrogen and oxygen atoms in total. The van der Waals surface area contributed by atoms with Crippen molar-refractivity contribution in [1.82, 2.24) is 9.80 Å². The Morgan fingerprint density at radius 2 is 2.06 bits per heavy atom. The molecule has 1 saturated heterocycles. The third-order valence-corrected chi connectivity index (χ3v) is 2.49. The second kappa shape index (κ2) is 7.24. The predicted molar refractivity (Wildman–Crippen MR) is 65.4 cm³/mol. The molecule has 0 aromatic rings. The first kappa shape index (κ1) is 13.9. The first-order valence-electron chi connectivity index (χ1n) is 5.79. The van der Waals surface area contributed by atoms with Gasteiger partial charge in [-0.3, -0.25) is 0 Å². The van der Waals surface area contributed by atoms with Crippen LogP contribution >= 0.6 is 0 Å². The molecule has 1 fully saturated rings. The van der Waals surface area contributed by atoms with Gasteiger partial charge in [-0.2, -0.15) is 4.99 Å². The molecule has 0 atom stereocenters. The van der Waals surface area contributed by atoms with Gasteiger partial charge in [-0.1, -0.05) is 0 Å². The van der Waals surface area contributed by atoms with Gasteiger partial charge in [0.15, 0.2) is 0 Å². The van der Waals surface area contributed by atoms with E-state index < -0.39 is 6.09 Å². The second-order valence-electron chi connectivity index (χ2n) is 4.18. The molecule has 0 aliphatic carbocycles. The van der Waals surface area contributed by atoms with E-state index in [1.807, 2.05) is 30.8 Å². The van der Waals surface area contributed by atoms with E-state index in [0.717, 1.165) is 13.1 Å². The summed E-state index contributed by atoms with van der Waals surface area (Å²) < 4.78 is 10.2. The lowest BCUT2D eigenvalue weighted by molar-refractivity contribution is 0.0675. The number of hydrogen-bond acceptors (Lipinski definition) is 4. The minimum Gasteiger partial charge on any atom is -0.447 e. The summed E-state index contributed by atoms with van der Waals surface area (Å²) in [6.07, 6.45) is -0.518. The Morgan fingerprint density at radius 3 is 2.65 bits per heavy atom. The molecule has 1 aliphatic rings. The van der Waals surface area contributed by atoms with Gasteiger partial charge >= 0.3 is 6.09 Å². The molecule has 0 saturated carbocycles. The van der Waals surface area contributed by atoms with Crippen molar-refractivity contribution in [3.8, 4) is 0 Å². The Hall–Kier alpha value is -1.14. The zero-order chi connectivity index (χ0) is 12.7. The van der Waals surface area contributed by atoms with E-state index in [2.05, 4.69) is 4.99 Å². The Labute approximate surface area is 102 Å². The Morgan fingerprint density at radius 1 is 1.41 bits per heavy atom. The average molecular weight is 243 g/mol. The fourth-order valence-corrected chi connectivity index (χ4v) is 1.44. The highest BCUT2D eigenvalue weighted by Crippen LogP contribution is 1.99. The molecule has 1 rings (SSSR count). The number of carbonyl (C=O) groups is 1. The molecule has 1 aliphatic heterocycles. The standard InChI is InChI=1S/C11H21N3O3/c1-10(14-5-7-16-8-6-14)12-11(15)17-9-4-13(2)3/h4-9H2,1-3H3/b12-10-. The van der Waals surface area contributed by atoms with E-state index in [1.165, 1.54) is 0 Å². The Kier molecular flexibility index (Phi) is 5.93. The van der Waals surface area contributed by atoms with E-state index >= 15 is 0 Å². The van der Waals surface area contributed by atoms with Crippen molar-refractivity contribution in [2.45, 2.75) is 6.92 Å². The van der Waals surface area contributed by atoms with Gasteiger partial charge in [0.2, 0.25) is 0 Å². The molecule has 0 unspecified atom stereocenters. The molecule has 98 valence electrons. The number of carbonyl (C=O) groups excluding carboxylic acids is 1. The van der Waals surface area contributed by atoms with Gasteiger partial charge in [0.25, 0.3) is 0 Å². The fraction of sp³-hybridized carbons (Fsp3) is 0.818. The topological polar surface area (TPSA) is 54.4 Å². The van der Waals surface area contributed by atoms with Crippen molar-refractivity contribution in [2.24, 2.45) is 4.99 Å². The van der Waals surface area contributed by atoms with Crippen LogP contribution in [0.1, 0.15) is 6.92 Å². The van der Waals surface area contributed by atoms with Crippen molar-refractivity contribution < 1.29 is 14.3 Å². The SMILES string of the molecule is C/C(=N/C(=O)OCCN(C)C)N1CCOCC1. The first-order chi connectivity index (χ1) is 8.09. The van der Waals surface area contributed by atoms with Gasteiger partial charge in [-0.05, 0) is 21.0 Å². The summed E-state index contributed by atoms with van der Waals surface area (Å²) >= 11 is 0. The predicted octanol–water partition coefficient (Wildman–Crippen LogP) is 0.435. The molecule has 0 radical (unpaired) electrons. The number of rotatable bonds is 3. The van der Waals surface area contributed by atoms with Crippen molar-refractivity contribution in [3.63, 3.8) is 0 Å². The van der Waals surface area contributed by atoms with Crippen LogP contribution < -0.4 is 0 Å². The second-order valence-corrected chi connectivity index (χ2v) is 4.18. The quantitative estimate of drug-likeness (QED) is 0.531. The summed E-state index contributed by atoms with van der Waals surface area (Å²) in [6.45, 7) is 5.81. The number of morpholine rings is 1. The van der Waals surface area contributed by atoms with E-state index in [1.54, 1.807) is 0 Å². The maximum atomic E-state index is 11.4. The molecular formula is C11H21N3O3. The normalized spacial score (nSPS) is 17.4. The van der Waals surface area contributed by atoms with Crippen LogP contribution in [0.3, 0.4) is 0 Å². The number of aliphatic imine (C=N–C) groups is 1. The number of hydrogen-bond donors (Lipinski definition) is 0. The summed E-state index contributed by atoms with van der Waals surface area (Å²) in [5.74, 6) is 0.697. The van der Waals surface area contributed by atoms with E-state index in [9.17, 15) is 4.79 Å². The van der Waals surface area contributed by atoms with E-state index in [0.29, 0.717) is 32.2 Å². The number of nitrogens with zero attached hydrogens (tertiary/aromatic N) is 3. The van der Waals surface area contributed by atoms with Crippen molar-refractivity contribution in [3.05, 3.63) is 0 Å². The molecule has 0 aromatic carbocycles. The minimum absolute atomic E-state index is 0.367. The van der Waals surface area contributed by atoms with E-state index in [-0.39, 0.29) is 0 Å². The van der Waals surface area contributed by atoms with Crippen LogP contribution in [0.15, 0.2) is 4.99 Å². The molecule has 0 aromatic heterocycles. The highest BCUT2D eigenvalue weighted by Gasteiger charge is 2.12. The highest BCUT2D eigenvalue weighted by molar-refractivity contribution is 5.90. The third-order valence-electron chi connectivity index (χ3n) is 2.49. The van der Waals surface area contributed by atoms with Gasteiger partial charge in [0, 0.05) is 19.6 Å². The van der Waals surface area contributed by atoms with Crippen LogP contribution in [0.5, 0.6) is 0 Å². The van der Waals surface area contributed by atoms with Crippen LogP contribution in [-0.4, -0.2) is 75.3 Å². The molecule has 0 bridgehead atoms. The zero-order valence-electron chi connectivity index (χ0n) is 10.8. The third kappa shape index (κ3) is 5.65. The van der Waals surface area contributed by atoms with Gasteiger partial charge in [0.05, 0.1) is 13.2 Å². The first-order valence-corrected chi connectivity index (χ1v) is 5.79. The maximum absolute atomic E-state index is 11.4. The number of likely N-dealkylation sites (N-methyl/N-ethyl adjacent to an activating group) is 1. The zero-order valence-corrected chi connectivity index (χ0v) is 10.8. The highest BCUT2D eigenvalue weighted by atomic mass is 16.5. The Bertz CT molecular complexity index is 273. The number of ether oxygens (including phenoxy) is 2. The Balaban J connectivity index is 2.31. The number of amides is 1. The maximum Gasteiger partial charge on any atom is 0.435 e. The average Bonchev–Trinajstić information content (AvgIpc) is 2.29. The smallest absolute Gasteiger partial charge is 0.435 e. The molecule has 6 heteroatoms. The van der Waals surface area contributed by atoms with Crippen LogP contribution in [0, 0.1) is 0 Å². The molecule has 0 N–H and O–H groups in total. The molecule has 17 heavy (non-hydrogen) atoms. The summed E-state index contributed by atoms with van der Waals surface area (Å²) in [5, 5.41) is 0. The van der Waals surface area contributed by atoms with E-state index in [4.69, 9.17) is 9.47 Å². The van der Waals surface area contributed by atoms with Gasteiger partial charge in [-0.25, -0.2) is 4.79 Å². The van der Waals surface area contributed by atoms with Crippen molar-refractivity contribution in [2.75, 3.05) is 53.6 Å². The number of amidine groups is 1. The van der Waals surface area contributed by atoms with Gasteiger partial charge in [-0.15, -0.1) is 0 Å². The summed E-state index contributed by atoms with van der Waals surface area (Å²) in [7, 11) is 3.85. The van der Waals surface area contributed by atoms with Crippen LogP contribution in [0.25, 0.3) is 0 Å². The molecule has 1 amide bonds. The van der Waals surface area contributed by atoms with Crippen molar-refractivity contribution in [1.29, 1.82) is 0 Å². The lowest BCUT2D eigenvalue weighted by Crippen LogP contribution is -2.39. The summed E-state index contributed by atoms with van der Waals surface area (Å²) in [5.41, 5.74) is 0. The summed E-state index contributed by atoms with van der Waals surface area (Å²) in [6, 6.07) is 0. The minimum atomic E-state index is -0.518. The van der Waals surface area contributed by atoms with Crippen molar-refractivity contribution >= 4 is 11.9 Å². The largest absolute Gasteiger partial charge is 0.447 e. The summed E-state index contributed by atoms with van der Waals surface area (Å²) in [4.78, 5) is 19.3. The van der Waals surface area contributed by atoms with Crippen LogP contribution in [0.2, 0.25) is 0 Å².